The number of rotatable bonds is 4. The van der Waals surface area contributed by atoms with Crippen molar-refractivity contribution in [1.29, 1.82) is 0 Å². The Morgan fingerprint density at radius 3 is 2.40 bits per heavy atom. The number of carbonyl (C=O) groups is 1. The Bertz CT molecular complexity index is 459. The maximum absolute atomic E-state index is 11.6. The number of nitrogens with zero attached hydrogens (tertiary/aromatic N) is 2. The lowest BCUT2D eigenvalue weighted by Gasteiger charge is -2.34. The van der Waals surface area contributed by atoms with Gasteiger partial charge in [-0.2, -0.15) is 0 Å². The molecule has 1 N–H and O–H groups in total. The molecule has 2 fully saturated rings. The summed E-state index contributed by atoms with van der Waals surface area (Å²) in [5.41, 5.74) is 2.47. The van der Waals surface area contributed by atoms with Gasteiger partial charge in [0.15, 0.2) is 0 Å². The molecule has 1 heterocycles. The number of benzene rings is 1. The molecule has 0 aromatic heterocycles. The standard InChI is InChI=1S/C16H23N3O/c1-18-8-10-19(11-9-18)15-6-2-13(3-7-15)12-17-16(20)14-4-5-14/h2-3,6-7,14H,4-5,8-12H2,1H3,(H,17,20). The van der Waals surface area contributed by atoms with Gasteiger partial charge in [0, 0.05) is 44.3 Å². The van der Waals surface area contributed by atoms with E-state index in [-0.39, 0.29) is 5.91 Å². The van der Waals surface area contributed by atoms with Crippen LogP contribution in [0.15, 0.2) is 24.3 Å². The lowest BCUT2D eigenvalue weighted by Crippen LogP contribution is -2.44. The van der Waals surface area contributed by atoms with Gasteiger partial charge in [0.2, 0.25) is 5.91 Å². The first kappa shape index (κ1) is 13.4. The number of hydrogen-bond donors (Lipinski definition) is 1. The quantitative estimate of drug-likeness (QED) is 0.902. The summed E-state index contributed by atoms with van der Waals surface area (Å²) in [4.78, 5) is 16.4. The van der Waals surface area contributed by atoms with Crippen LogP contribution < -0.4 is 10.2 Å². The fourth-order valence-electron chi connectivity index (χ4n) is 2.57. The Morgan fingerprint density at radius 2 is 1.80 bits per heavy atom. The van der Waals surface area contributed by atoms with Crippen molar-refractivity contribution < 1.29 is 4.79 Å². The summed E-state index contributed by atoms with van der Waals surface area (Å²) >= 11 is 0. The molecule has 1 aliphatic heterocycles. The third-order valence-corrected chi connectivity index (χ3v) is 4.22. The van der Waals surface area contributed by atoms with Crippen LogP contribution in [0.3, 0.4) is 0 Å². The number of piperazine rings is 1. The van der Waals surface area contributed by atoms with E-state index in [4.69, 9.17) is 0 Å². The van der Waals surface area contributed by atoms with Crippen molar-refractivity contribution in [2.75, 3.05) is 38.1 Å². The van der Waals surface area contributed by atoms with Crippen LogP contribution in [0.25, 0.3) is 0 Å². The minimum atomic E-state index is 0.216. The number of amides is 1. The van der Waals surface area contributed by atoms with Crippen LogP contribution >= 0.6 is 0 Å². The van der Waals surface area contributed by atoms with E-state index in [9.17, 15) is 4.79 Å². The summed E-state index contributed by atoms with van der Waals surface area (Å²) in [6, 6.07) is 8.59. The van der Waals surface area contributed by atoms with Gasteiger partial charge in [-0.1, -0.05) is 12.1 Å². The van der Waals surface area contributed by atoms with Crippen LogP contribution in [-0.4, -0.2) is 44.0 Å². The lowest BCUT2D eigenvalue weighted by molar-refractivity contribution is -0.122. The van der Waals surface area contributed by atoms with Gasteiger partial charge < -0.3 is 15.1 Å². The highest BCUT2D eigenvalue weighted by atomic mass is 16.2. The fourth-order valence-corrected chi connectivity index (χ4v) is 2.57. The Labute approximate surface area is 120 Å². The number of anilines is 1. The van der Waals surface area contributed by atoms with Gasteiger partial charge in [0.1, 0.15) is 0 Å². The normalized spacial score (nSPS) is 19.9. The van der Waals surface area contributed by atoms with Crippen molar-refractivity contribution in [1.82, 2.24) is 10.2 Å². The average molecular weight is 273 g/mol. The minimum Gasteiger partial charge on any atom is -0.369 e. The van der Waals surface area contributed by atoms with Gasteiger partial charge in [-0.25, -0.2) is 0 Å². The van der Waals surface area contributed by atoms with E-state index in [2.05, 4.69) is 46.4 Å². The molecule has 108 valence electrons. The third kappa shape index (κ3) is 3.31. The molecule has 1 amide bonds. The van der Waals surface area contributed by atoms with Crippen molar-refractivity contribution >= 4 is 11.6 Å². The highest BCUT2D eigenvalue weighted by molar-refractivity contribution is 5.80. The number of nitrogens with one attached hydrogen (secondary N) is 1. The predicted octanol–water partition coefficient (Wildman–Crippen LogP) is 1.46. The summed E-state index contributed by atoms with van der Waals surface area (Å²) < 4.78 is 0. The summed E-state index contributed by atoms with van der Waals surface area (Å²) in [6.45, 7) is 5.08. The van der Waals surface area contributed by atoms with E-state index in [1.807, 2.05) is 0 Å². The van der Waals surface area contributed by atoms with Crippen LogP contribution in [-0.2, 0) is 11.3 Å². The van der Waals surface area contributed by atoms with Gasteiger partial charge in [0.05, 0.1) is 0 Å². The van der Waals surface area contributed by atoms with E-state index >= 15 is 0 Å². The first-order valence-electron chi connectivity index (χ1n) is 7.52. The van der Waals surface area contributed by atoms with Crippen molar-refractivity contribution in [3.05, 3.63) is 29.8 Å². The first-order valence-corrected chi connectivity index (χ1v) is 7.52. The highest BCUT2D eigenvalue weighted by Gasteiger charge is 2.29. The predicted molar refractivity (Wildman–Crippen MR) is 80.7 cm³/mol. The zero-order chi connectivity index (χ0) is 13.9. The molecule has 4 heteroatoms. The summed E-state index contributed by atoms with van der Waals surface area (Å²) in [5, 5.41) is 3.01. The molecule has 0 atom stereocenters. The molecular formula is C16H23N3O. The maximum Gasteiger partial charge on any atom is 0.223 e. The summed E-state index contributed by atoms with van der Waals surface area (Å²) in [5.74, 6) is 0.507. The lowest BCUT2D eigenvalue weighted by atomic mass is 10.1. The zero-order valence-electron chi connectivity index (χ0n) is 12.1. The zero-order valence-corrected chi connectivity index (χ0v) is 12.1. The molecule has 0 bridgehead atoms. The monoisotopic (exact) mass is 273 g/mol. The van der Waals surface area contributed by atoms with E-state index < -0.39 is 0 Å². The molecule has 1 saturated carbocycles. The molecule has 1 saturated heterocycles. The second-order valence-corrected chi connectivity index (χ2v) is 5.95. The molecule has 0 unspecified atom stereocenters. The molecule has 1 aromatic carbocycles. The number of carbonyl (C=O) groups excluding carboxylic acids is 1. The van der Waals surface area contributed by atoms with Crippen molar-refractivity contribution in [2.24, 2.45) is 5.92 Å². The van der Waals surface area contributed by atoms with Crippen molar-refractivity contribution in [3.8, 4) is 0 Å². The third-order valence-electron chi connectivity index (χ3n) is 4.22. The van der Waals surface area contributed by atoms with Crippen LogP contribution in [0.5, 0.6) is 0 Å². The fraction of sp³-hybridized carbons (Fsp3) is 0.562. The van der Waals surface area contributed by atoms with Gasteiger partial charge in [-0.05, 0) is 37.6 Å². The van der Waals surface area contributed by atoms with Gasteiger partial charge in [-0.3, -0.25) is 4.79 Å². The maximum atomic E-state index is 11.6. The molecular weight excluding hydrogens is 250 g/mol. The molecule has 1 aromatic rings. The summed E-state index contributed by atoms with van der Waals surface area (Å²) in [7, 11) is 2.17. The molecule has 1 aliphatic carbocycles. The SMILES string of the molecule is CN1CCN(c2ccc(CNC(=O)C3CC3)cc2)CC1. The van der Waals surface area contributed by atoms with Crippen LogP contribution in [0.2, 0.25) is 0 Å². The van der Waals surface area contributed by atoms with Crippen LogP contribution in [0.1, 0.15) is 18.4 Å². The Morgan fingerprint density at radius 1 is 1.15 bits per heavy atom. The topological polar surface area (TPSA) is 35.6 Å². The molecule has 4 nitrogen and oxygen atoms in total. The highest BCUT2D eigenvalue weighted by Crippen LogP contribution is 2.28. The second-order valence-electron chi connectivity index (χ2n) is 5.95. The molecule has 0 spiro atoms. The van der Waals surface area contributed by atoms with Crippen molar-refractivity contribution in [2.45, 2.75) is 19.4 Å². The van der Waals surface area contributed by atoms with Gasteiger partial charge >= 0.3 is 0 Å². The van der Waals surface area contributed by atoms with E-state index in [0.717, 1.165) is 39.0 Å². The number of hydrogen-bond acceptors (Lipinski definition) is 3. The molecule has 2 aliphatic rings. The van der Waals surface area contributed by atoms with E-state index in [0.29, 0.717) is 12.5 Å². The Hall–Kier alpha value is -1.55. The van der Waals surface area contributed by atoms with Gasteiger partial charge in [-0.15, -0.1) is 0 Å². The van der Waals surface area contributed by atoms with E-state index in [1.165, 1.54) is 11.3 Å². The van der Waals surface area contributed by atoms with Crippen LogP contribution in [0.4, 0.5) is 5.69 Å². The molecule has 3 rings (SSSR count). The first-order chi connectivity index (χ1) is 9.72. The van der Waals surface area contributed by atoms with Crippen molar-refractivity contribution in [3.63, 3.8) is 0 Å². The van der Waals surface area contributed by atoms with Crippen LogP contribution in [0, 0.1) is 5.92 Å². The Balaban J connectivity index is 1.52. The average Bonchev–Trinajstić information content (AvgIpc) is 3.31. The smallest absolute Gasteiger partial charge is 0.223 e. The summed E-state index contributed by atoms with van der Waals surface area (Å²) in [6.07, 6.45) is 2.13. The van der Waals surface area contributed by atoms with Gasteiger partial charge in [0.25, 0.3) is 0 Å². The molecule has 20 heavy (non-hydrogen) atoms. The largest absolute Gasteiger partial charge is 0.369 e. The number of likely N-dealkylation sites (N-methyl/N-ethyl adjacent to an activating group) is 1. The minimum absolute atomic E-state index is 0.216. The molecule has 0 radical (unpaired) electrons. The second kappa shape index (κ2) is 5.83. The Kier molecular flexibility index (Phi) is 3.92. The van der Waals surface area contributed by atoms with E-state index in [1.54, 1.807) is 0 Å².